The SMILES string of the molecule is Cc1cc(CNC(=O)C(N)CC(=O)O)no1. The number of hydrogen-bond donors (Lipinski definition) is 3. The van der Waals surface area contributed by atoms with Crippen molar-refractivity contribution in [2.24, 2.45) is 5.73 Å². The van der Waals surface area contributed by atoms with E-state index < -0.39 is 24.3 Å². The molecular formula is C9H13N3O4. The van der Waals surface area contributed by atoms with Crippen molar-refractivity contribution in [2.45, 2.75) is 25.9 Å². The van der Waals surface area contributed by atoms with E-state index in [1.165, 1.54) is 0 Å². The zero-order chi connectivity index (χ0) is 12.1. The van der Waals surface area contributed by atoms with Gasteiger partial charge >= 0.3 is 5.97 Å². The number of aryl methyl sites for hydroxylation is 1. The molecule has 1 unspecified atom stereocenters. The van der Waals surface area contributed by atoms with Gasteiger partial charge in [-0.05, 0) is 6.92 Å². The number of hydrogen-bond acceptors (Lipinski definition) is 5. The molecule has 7 nitrogen and oxygen atoms in total. The largest absolute Gasteiger partial charge is 0.481 e. The highest BCUT2D eigenvalue weighted by atomic mass is 16.5. The number of nitrogens with two attached hydrogens (primary N) is 1. The van der Waals surface area contributed by atoms with Crippen LogP contribution in [-0.4, -0.2) is 28.2 Å². The Bertz CT molecular complexity index is 388. The molecule has 0 bridgehead atoms. The first-order valence-corrected chi connectivity index (χ1v) is 4.66. The third-order valence-electron chi connectivity index (χ3n) is 1.85. The van der Waals surface area contributed by atoms with Crippen molar-refractivity contribution in [3.05, 3.63) is 17.5 Å². The number of carbonyl (C=O) groups is 2. The lowest BCUT2D eigenvalue weighted by atomic mass is 10.2. The molecule has 1 aromatic heterocycles. The van der Waals surface area contributed by atoms with Crippen LogP contribution in [0.25, 0.3) is 0 Å². The third-order valence-corrected chi connectivity index (χ3v) is 1.85. The molecule has 1 amide bonds. The second-order valence-corrected chi connectivity index (χ2v) is 3.35. The molecule has 1 heterocycles. The highest BCUT2D eigenvalue weighted by Gasteiger charge is 2.16. The average Bonchev–Trinajstić information content (AvgIpc) is 2.59. The smallest absolute Gasteiger partial charge is 0.305 e. The van der Waals surface area contributed by atoms with Crippen molar-refractivity contribution in [2.75, 3.05) is 0 Å². The van der Waals surface area contributed by atoms with Crippen molar-refractivity contribution in [3.63, 3.8) is 0 Å². The summed E-state index contributed by atoms with van der Waals surface area (Å²) in [5.74, 6) is -0.998. The first-order chi connectivity index (χ1) is 7.49. The topological polar surface area (TPSA) is 118 Å². The molecule has 1 rings (SSSR count). The van der Waals surface area contributed by atoms with Gasteiger partial charge in [0.2, 0.25) is 5.91 Å². The Hall–Kier alpha value is -1.89. The first kappa shape index (κ1) is 12.2. The van der Waals surface area contributed by atoms with Crippen molar-refractivity contribution in [1.82, 2.24) is 10.5 Å². The number of aliphatic carboxylic acids is 1. The summed E-state index contributed by atoms with van der Waals surface area (Å²) >= 11 is 0. The van der Waals surface area contributed by atoms with E-state index in [9.17, 15) is 9.59 Å². The molecule has 88 valence electrons. The minimum Gasteiger partial charge on any atom is -0.481 e. The molecule has 0 aromatic carbocycles. The minimum absolute atomic E-state index is 0.170. The Morgan fingerprint density at radius 3 is 2.88 bits per heavy atom. The van der Waals surface area contributed by atoms with Crippen LogP contribution in [0.5, 0.6) is 0 Å². The highest BCUT2D eigenvalue weighted by Crippen LogP contribution is 2.00. The van der Waals surface area contributed by atoms with Crippen molar-refractivity contribution >= 4 is 11.9 Å². The number of carboxylic acids is 1. The molecule has 0 aliphatic carbocycles. The quantitative estimate of drug-likeness (QED) is 0.618. The van der Waals surface area contributed by atoms with Crippen LogP contribution in [0, 0.1) is 6.92 Å². The van der Waals surface area contributed by atoms with Crippen molar-refractivity contribution in [1.29, 1.82) is 0 Å². The summed E-state index contributed by atoms with van der Waals surface area (Å²) in [5.41, 5.74) is 5.91. The number of amides is 1. The monoisotopic (exact) mass is 227 g/mol. The third kappa shape index (κ3) is 3.70. The zero-order valence-corrected chi connectivity index (χ0v) is 8.77. The molecule has 7 heteroatoms. The molecule has 0 aliphatic rings. The fourth-order valence-electron chi connectivity index (χ4n) is 1.09. The van der Waals surface area contributed by atoms with E-state index in [-0.39, 0.29) is 6.54 Å². The van der Waals surface area contributed by atoms with Crippen LogP contribution in [0.3, 0.4) is 0 Å². The summed E-state index contributed by atoms with van der Waals surface area (Å²) in [7, 11) is 0. The fourth-order valence-corrected chi connectivity index (χ4v) is 1.09. The Morgan fingerprint density at radius 2 is 2.38 bits per heavy atom. The number of nitrogens with zero attached hydrogens (tertiary/aromatic N) is 1. The van der Waals surface area contributed by atoms with Gasteiger partial charge < -0.3 is 20.7 Å². The lowest BCUT2D eigenvalue weighted by Crippen LogP contribution is -2.41. The Labute approximate surface area is 91.6 Å². The Kier molecular flexibility index (Phi) is 4.01. The van der Waals surface area contributed by atoms with E-state index >= 15 is 0 Å². The van der Waals surface area contributed by atoms with Gasteiger partial charge in [0, 0.05) is 6.07 Å². The van der Waals surface area contributed by atoms with E-state index in [1.807, 2.05) is 0 Å². The van der Waals surface area contributed by atoms with Gasteiger partial charge in [0.1, 0.15) is 11.5 Å². The predicted molar refractivity (Wildman–Crippen MR) is 53.3 cm³/mol. The Balaban J connectivity index is 2.37. The maximum absolute atomic E-state index is 11.3. The lowest BCUT2D eigenvalue weighted by Gasteiger charge is -2.08. The molecule has 0 fully saturated rings. The highest BCUT2D eigenvalue weighted by molar-refractivity contribution is 5.85. The summed E-state index contributed by atoms with van der Waals surface area (Å²) in [6.07, 6.45) is -0.399. The van der Waals surface area contributed by atoms with E-state index in [0.29, 0.717) is 11.5 Å². The van der Waals surface area contributed by atoms with Crippen molar-refractivity contribution < 1.29 is 19.2 Å². The second kappa shape index (κ2) is 5.26. The number of aromatic nitrogens is 1. The van der Waals surface area contributed by atoms with E-state index in [4.69, 9.17) is 15.4 Å². The average molecular weight is 227 g/mol. The summed E-state index contributed by atoms with van der Waals surface area (Å²) in [6.45, 7) is 1.90. The minimum atomic E-state index is -1.11. The van der Waals surface area contributed by atoms with Gasteiger partial charge in [0.05, 0.1) is 19.0 Å². The van der Waals surface area contributed by atoms with Gasteiger partial charge in [0.15, 0.2) is 0 Å². The van der Waals surface area contributed by atoms with E-state index in [2.05, 4.69) is 10.5 Å². The van der Waals surface area contributed by atoms with Gasteiger partial charge in [-0.2, -0.15) is 0 Å². The number of carbonyl (C=O) groups excluding carboxylic acids is 1. The number of nitrogens with one attached hydrogen (secondary N) is 1. The maximum atomic E-state index is 11.3. The maximum Gasteiger partial charge on any atom is 0.305 e. The zero-order valence-electron chi connectivity index (χ0n) is 8.77. The summed E-state index contributed by atoms with van der Waals surface area (Å²) in [6, 6.07) is 0.619. The standard InChI is InChI=1S/C9H13N3O4/c1-5-2-6(12-16-5)4-11-9(15)7(10)3-8(13)14/h2,7H,3-4,10H2,1H3,(H,11,15)(H,13,14). The molecule has 0 saturated heterocycles. The number of rotatable bonds is 5. The van der Waals surface area contributed by atoms with Crippen LogP contribution in [0.1, 0.15) is 17.9 Å². The van der Waals surface area contributed by atoms with Gasteiger partial charge in [-0.15, -0.1) is 0 Å². The van der Waals surface area contributed by atoms with Crippen LogP contribution in [-0.2, 0) is 16.1 Å². The van der Waals surface area contributed by atoms with Crippen LogP contribution in [0.2, 0.25) is 0 Å². The van der Waals surface area contributed by atoms with Crippen LogP contribution in [0.15, 0.2) is 10.6 Å². The van der Waals surface area contributed by atoms with E-state index in [1.54, 1.807) is 13.0 Å². The predicted octanol–water partition coefficient (Wildman–Crippen LogP) is -0.599. The number of carboxylic acid groups (broad SMARTS) is 1. The molecule has 1 atom stereocenters. The Morgan fingerprint density at radius 1 is 1.69 bits per heavy atom. The molecule has 0 saturated carbocycles. The van der Waals surface area contributed by atoms with Gasteiger partial charge in [-0.25, -0.2) is 0 Å². The first-order valence-electron chi connectivity index (χ1n) is 4.66. The van der Waals surface area contributed by atoms with Crippen LogP contribution < -0.4 is 11.1 Å². The van der Waals surface area contributed by atoms with E-state index in [0.717, 1.165) is 0 Å². The van der Waals surface area contributed by atoms with Gasteiger partial charge in [0.25, 0.3) is 0 Å². The van der Waals surface area contributed by atoms with Gasteiger partial charge in [-0.3, -0.25) is 9.59 Å². The summed E-state index contributed by atoms with van der Waals surface area (Å²) < 4.78 is 4.80. The lowest BCUT2D eigenvalue weighted by molar-refractivity contribution is -0.139. The molecule has 4 N–H and O–H groups in total. The van der Waals surface area contributed by atoms with Crippen molar-refractivity contribution in [3.8, 4) is 0 Å². The molecule has 0 spiro atoms. The molecule has 16 heavy (non-hydrogen) atoms. The van der Waals surface area contributed by atoms with Crippen LogP contribution >= 0.6 is 0 Å². The molecule has 0 aliphatic heterocycles. The summed E-state index contributed by atoms with van der Waals surface area (Å²) in [4.78, 5) is 21.6. The molecule has 1 aromatic rings. The second-order valence-electron chi connectivity index (χ2n) is 3.35. The summed E-state index contributed by atoms with van der Waals surface area (Å²) in [5, 5.41) is 14.6. The van der Waals surface area contributed by atoms with Crippen LogP contribution in [0.4, 0.5) is 0 Å². The fraction of sp³-hybridized carbons (Fsp3) is 0.444. The van der Waals surface area contributed by atoms with Gasteiger partial charge in [-0.1, -0.05) is 5.16 Å². The normalized spacial score (nSPS) is 12.1. The molecule has 0 radical (unpaired) electrons. The molecular weight excluding hydrogens is 214 g/mol.